The maximum atomic E-state index is 13.8. The summed E-state index contributed by atoms with van der Waals surface area (Å²) < 4.78 is 41.4. The second kappa shape index (κ2) is 8.16. The molecule has 3 rings (SSSR count). The minimum absolute atomic E-state index is 0.0392. The van der Waals surface area contributed by atoms with Crippen LogP contribution in [-0.2, 0) is 12.7 Å². The summed E-state index contributed by atoms with van der Waals surface area (Å²) in [6, 6.07) is 9.22. The highest BCUT2D eigenvalue weighted by Crippen LogP contribution is 2.43. The second-order valence-corrected chi connectivity index (χ2v) is 8.26. The lowest BCUT2D eigenvalue weighted by atomic mass is 9.97. The Morgan fingerprint density at radius 2 is 1.77 bits per heavy atom. The van der Waals surface area contributed by atoms with E-state index in [9.17, 15) is 13.2 Å². The highest BCUT2D eigenvalue weighted by Gasteiger charge is 2.35. The fourth-order valence-electron chi connectivity index (χ4n) is 2.81. The standard InChI is InChI=1S/C20H22ClF3N6/c1-19(2,3)26-10-11-4-6-12(7-5-11)16-14(20(22,23)24)8-13(9-15(16)21)27-18-28-17(25)29-30-18/h4-9,26H,10H2,1-3H3,(H4,25,27,28,29,30). The topological polar surface area (TPSA) is 91.7 Å². The number of nitrogens with one attached hydrogen (secondary N) is 3. The number of anilines is 3. The summed E-state index contributed by atoms with van der Waals surface area (Å²) in [7, 11) is 0. The molecule has 5 N–H and O–H groups in total. The number of H-pyrrole nitrogens is 1. The molecule has 0 aliphatic rings. The largest absolute Gasteiger partial charge is 0.417 e. The van der Waals surface area contributed by atoms with Crippen LogP contribution in [0.1, 0.15) is 31.9 Å². The lowest BCUT2D eigenvalue weighted by molar-refractivity contribution is -0.137. The third-order valence-electron chi connectivity index (χ3n) is 4.22. The molecule has 10 heteroatoms. The maximum absolute atomic E-state index is 13.8. The van der Waals surface area contributed by atoms with Crippen molar-refractivity contribution in [3.05, 3.63) is 52.5 Å². The van der Waals surface area contributed by atoms with Gasteiger partial charge in [0.15, 0.2) is 0 Å². The van der Waals surface area contributed by atoms with Gasteiger partial charge in [0.25, 0.3) is 0 Å². The zero-order valence-corrected chi connectivity index (χ0v) is 17.4. The van der Waals surface area contributed by atoms with Gasteiger partial charge in [-0.1, -0.05) is 35.9 Å². The van der Waals surface area contributed by atoms with E-state index in [1.54, 1.807) is 24.3 Å². The van der Waals surface area contributed by atoms with Gasteiger partial charge in [-0.2, -0.15) is 18.2 Å². The number of benzene rings is 2. The molecule has 30 heavy (non-hydrogen) atoms. The van der Waals surface area contributed by atoms with Crippen LogP contribution < -0.4 is 16.4 Å². The van der Waals surface area contributed by atoms with Crippen LogP contribution in [0.3, 0.4) is 0 Å². The summed E-state index contributed by atoms with van der Waals surface area (Å²) in [6.07, 6.45) is -4.61. The lowest BCUT2D eigenvalue weighted by Gasteiger charge is -2.21. The van der Waals surface area contributed by atoms with Crippen LogP contribution in [0.5, 0.6) is 0 Å². The van der Waals surface area contributed by atoms with E-state index in [1.165, 1.54) is 6.07 Å². The summed E-state index contributed by atoms with van der Waals surface area (Å²) in [5.74, 6) is 0.0810. The van der Waals surface area contributed by atoms with Gasteiger partial charge >= 0.3 is 6.18 Å². The minimum atomic E-state index is -4.61. The third-order valence-corrected chi connectivity index (χ3v) is 4.52. The van der Waals surface area contributed by atoms with E-state index in [-0.39, 0.29) is 33.7 Å². The smallest absolute Gasteiger partial charge is 0.368 e. The Bertz CT molecular complexity index is 1020. The molecule has 1 aromatic heterocycles. The summed E-state index contributed by atoms with van der Waals surface area (Å²) >= 11 is 6.28. The molecule has 0 bridgehead atoms. The predicted molar refractivity (Wildman–Crippen MR) is 113 cm³/mol. The number of alkyl halides is 3. The Kier molecular flexibility index (Phi) is 5.96. The first kappa shape index (κ1) is 21.9. The normalized spacial score (nSPS) is 12.2. The predicted octanol–water partition coefficient (Wildman–Crippen LogP) is 5.36. The van der Waals surface area contributed by atoms with Crippen molar-refractivity contribution in [2.45, 2.75) is 39.0 Å². The summed E-state index contributed by atoms with van der Waals surface area (Å²) in [4.78, 5) is 3.82. The van der Waals surface area contributed by atoms with Gasteiger partial charge in [0, 0.05) is 23.3 Å². The maximum Gasteiger partial charge on any atom is 0.417 e. The van der Waals surface area contributed by atoms with Crippen LogP contribution in [0.2, 0.25) is 5.02 Å². The molecule has 0 fully saturated rings. The highest BCUT2D eigenvalue weighted by molar-refractivity contribution is 6.33. The third kappa shape index (κ3) is 5.43. The first-order chi connectivity index (χ1) is 13.9. The van der Waals surface area contributed by atoms with Crippen LogP contribution in [0.15, 0.2) is 36.4 Å². The van der Waals surface area contributed by atoms with Crippen molar-refractivity contribution in [2.24, 2.45) is 0 Å². The van der Waals surface area contributed by atoms with Gasteiger partial charge in [0.05, 0.1) is 10.6 Å². The van der Waals surface area contributed by atoms with Crippen molar-refractivity contribution in [1.29, 1.82) is 0 Å². The van der Waals surface area contributed by atoms with Crippen LogP contribution >= 0.6 is 11.6 Å². The molecule has 3 aromatic rings. The van der Waals surface area contributed by atoms with Crippen molar-refractivity contribution >= 4 is 29.2 Å². The van der Waals surface area contributed by atoms with Crippen molar-refractivity contribution in [3.63, 3.8) is 0 Å². The minimum Gasteiger partial charge on any atom is -0.368 e. The van der Waals surface area contributed by atoms with Gasteiger partial charge in [0.2, 0.25) is 11.9 Å². The van der Waals surface area contributed by atoms with Gasteiger partial charge in [-0.3, -0.25) is 0 Å². The van der Waals surface area contributed by atoms with E-state index in [4.69, 9.17) is 17.3 Å². The number of aromatic amines is 1. The molecule has 6 nitrogen and oxygen atoms in total. The molecule has 0 atom stereocenters. The van der Waals surface area contributed by atoms with E-state index in [2.05, 4.69) is 25.8 Å². The average Bonchev–Trinajstić information content (AvgIpc) is 3.03. The SMILES string of the molecule is CC(C)(C)NCc1ccc(-c2c(Cl)cc(Nc3n[nH]c(N)n3)cc2C(F)(F)F)cc1. The van der Waals surface area contributed by atoms with E-state index in [1.807, 2.05) is 20.8 Å². The molecule has 0 spiro atoms. The number of nitrogens with zero attached hydrogens (tertiary/aromatic N) is 2. The van der Waals surface area contributed by atoms with E-state index < -0.39 is 11.7 Å². The Balaban J connectivity index is 1.95. The van der Waals surface area contributed by atoms with Crippen molar-refractivity contribution in [2.75, 3.05) is 11.1 Å². The first-order valence-corrected chi connectivity index (χ1v) is 9.50. The molecule has 0 aliphatic carbocycles. The quantitative estimate of drug-likeness (QED) is 0.430. The number of hydrogen-bond acceptors (Lipinski definition) is 5. The molecule has 0 aliphatic heterocycles. The number of hydrogen-bond donors (Lipinski definition) is 4. The van der Waals surface area contributed by atoms with Crippen LogP contribution in [0.25, 0.3) is 11.1 Å². The number of aromatic nitrogens is 3. The molecular weight excluding hydrogens is 417 g/mol. The average molecular weight is 439 g/mol. The summed E-state index contributed by atoms with van der Waals surface area (Å²) in [5, 5.41) is 12.1. The van der Waals surface area contributed by atoms with E-state index >= 15 is 0 Å². The molecule has 0 amide bonds. The fourth-order valence-corrected chi connectivity index (χ4v) is 3.14. The fraction of sp³-hybridized carbons (Fsp3) is 0.300. The van der Waals surface area contributed by atoms with Crippen LogP contribution in [-0.4, -0.2) is 20.7 Å². The zero-order chi connectivity index (χ0) is 22.1. The molecule has 0 unspecified atom stereocenters. The summed E-state index contributed by atoms with van der Waals surface area (Å²) in [6.45, 7) is 6.73. The van der Waals surface area contributed by atoms with Gasteiger partial charge < -0.3 is 16.4 Å². The summed E-state index contributed by atoms with van der Waals surface area (Å²) in [5.41, 5.74) is 5.86. The molecule has 2 aromatic carbocycles. The molecule has 1 heterocycles. The van der Waals surface area contributed by atoms with Gasteiger partial charge in [-0.05, 0) is 44.0 Å². The van der Waals surface area contributed by atoms with Crippen LogP contribution in [0.4, 0.5) is 30.8 Å². The zero-order valence-electron chi connectivity index (χ0n) is 16.7. The number of nitrogen functional groups attached to an aromatic ring is 1. The Morgan fingerprint density at radius 3 is 2.30 bits per heavy atom. The Hall–Kier alpha value is -2.78. The monoisotopic (exact) mass is 438 g/mol. The number of rotatable bonds is 5. The van der Waals surface area contributed by atoms with Crippen LogP contribution in [0, 0.1) is 0 Å². The van der Waals surface area contributed by atoms with Gasteiger partial charge in [0.1, 0.15) is 0 Å². The van der Waals surface area contributed by atoms with Crippen molar-refractivity contribution in [1.82, 2.24) is 20.5 Å². The Labute approximate surface area is 177 Å². The van der Waals surface area contributed by atoms with Gasteiger partial charge in [-0.25, -0.2) is 5.10 Å². The second-order valence-electron chi connectivity index (χ2n) is 7.85. The highest BCUT2D eigenvalue weighted by atomic mass is 35.5. The lowest BCUT2D eigenvalue weighted by Crippen LogP contribution is -2.35. The molecule has 0 saturated carbocycles. The molecular formula is C20H22ClF3N6. The molecule has 0 radical (unpaired) electrons. The van der Waals surface area contributed by atoms with Gasteiger partial charge in [-0.15, -0.1) is 5.10 Å². The first-order valence-electron chi connectivity index (χ1n) is 9.12. The Morgan fingerprint density at radius 1 is 1.10 bits per heavy atom. The van der Waals surface area contributed by atoms with Crippen molar-refractivity contribution in [3.8, 4) is 11.1 Å². The van der Waals surface area contributed by atoms with E-state index in [0.717, 1.165) is 11.6 Å². The van der Waals surface area contributed by atoms with E-state index in [0.29, 0.717) is 12.1 Å². The number of halogens is 4. The molecule has 0 saturated heterocycles. The van der Waals surface area contributed by atoms with Crippen molar-refractivity contribution < 1.29 is 13.2 Å². The number of nitrogens with two attached hydrogens (primary N) is 1. The molecule has 160 valence electrons.